The van der Waals surface area contributed by atoms with E-state index in [1.165, 1.54) is 0 Å². The summed E-state index contributed by atoms with van der Waals surface area (Å²) in [5.41, 5.74) is 11.0. The van der Waals surface area contributed by atoms with E-state index >= 15 is 0 Å². The number of aromatic nitrogens is 2. The maximum Gasteiger partial charge on any atom is 0.123 e. The molecule has 0 aliphatic rings. The van der Waals surface area contributed by atoms with Gasteiger partial charge in [-0.1, -0.05) is 0 Å². The number of hydrogen-bond acceptors (Lipinski definition) is 3. The van der Waals surface area contributed by atoms with Crippen molar-refractivity contribution in [2.75, 3.05) is 6.54 Å². The van der Waals surface area contributed by atoms with Gasteiger partial charge in [-0.3, -0.25) is 0 Å². The highest BCUT2D eigenvalue weighted by Gasteiger charge is 2.04. The van der Waals surface area contributed by atoms with Crippen LogP contribution < -0.4 is 11.5 Å². The van der Waals surface area contributed by atoms with Crippen molar-refractivity contribution >= 4 is 0 Å². The van der Waals surface area contributed by atoms with Crippen molar-refractivity contribution in [3.8, 4) is 0 Å². The molecule has 4 heteroatoms. The summed E-state index contributed by atoms with van der Waals surface area (Å²) in [4.78, 5) is 6.93. The Balaban J connectivity index is 2.50. The molecule has 0 aromatic carbocycles. The van der Waals surface area contributed by atoms with Crippen LogP contribution in [-0.4, -0.2) is 16.5 Å². The van der Waals surface area contributed by atoms with Gasteiger partial charge in [0.15, 0.2) is 0 Å². The van der Waals surface area contributed by atoms with Crippen molar-refractivity contribution in [2.24, 2.45) is 11.5 Å². The van der Waals surface area contributed by atoms with Gasteiger partial charge in [0, 0.05) is 12.4 Å². The Morgan fingerprint density at radius 2 is 2.50 bits per heavy atom. The van der Waals surface area contributed by atoms with Crippen LogP contribution in [0.15, 0.2) is 12.4 Å². The van der Waals surface area contributed by atoms with Crippen LogP contribution in [-0.2, 0) is 0 Å². The average Bonchev–Trinajstić information content (AvgIpc) is 2.38. The summed E-state index contributed by atoms with van der Waals surface area (Å²) in [7, 11) is 0. The number of imidazole rings is 1. The van der Waals surface area contributed by atoms with Gasteiger partial charge in [-0.25, -0.2) is 4.98 Å². The molecule has 1 aromatic heterocycles. The molecule has 0 saturated heterocycles. The van der Waals surface area contributed by atoms with E-state index in [1.807, 2.05) is 0 Å². The smallest absolute Gasteiger partial charge is 0.123 e. The van der Waals surface area contributed by atoms with Gasteiger partial charge in [0.05, 0.1) is 6.04 Å². The fourth-order valence-electron chi connectivity index (χ4n) is 0.797. The third-order valence-corrected chi connectivity index (χ3v) is 1.35. The van der Waals surface area contributed by atoms with Gasteiger partial charge in [0.25, 0.3) is 0 Å². The highest BCUT2D eigenvalue weighted by Crippen LogP contribution is 2.05. The van der Waals surface area contributed by atoms with Crippen molar-refractivity contribution in [1.82, 2.24) is 9.97 Å². The number of hydrogen-bond donors (Lipinski definition) is 3. The Morgan fingerprint density at radius 3 is 3.00 bits per heavy atom. The van der Waals surface area contributed by atoms with Gasteiger partial charge in [-0.2, -0.15) is 0 Å². The summed E-state index contributed by atoms with van der Waals surface area (Å²) < 4.78 is 0. The molecule has 1 atom stereocenters. The molecule has 0 aliphatic carbocycles. The summed E-state index contributed by atoms with van der Waals surface area (Å²) in [5.74, 6) is 0.811. The van der Waals surface area contributed by atoms with E-state index in [1.54, 1.807) is 12.4 Å². The van der Waals surface area contributed by atoms with E-state index < -0.39 is 0 Å². The summed E-state index contributed by atoms with van der Waals surface area (Å²) >= 11 is 0. The molecule has 0 aliphatic heterocycles. The lowest BCUT2D eigenvalue weighted by Crippen LogP contribution is -2.16. The number of nitrogens with zero attached hydrogens (tertiary/aromatic N) is 1. The third kappa shape index (κ3) is 1.55. The van der Waals surface area contributed by atoms with Crippen LogP contribution in [0.25, 0.3) is 0 Å². The first-order chi connectivity index (χ1) is 4.84. The van der Waals surface area contributed by atoms with E-state index in [9.17, 15) is 0 Å². The second kappa shape index (κ2) is 3.34. The van der Waals surface area contributed by atoms with Crippen molar-refractivity contribution in [1.29, 1.82) is 0 Å². The zero-order chi connectivity index (χ0) is 7.40. The van der Waals surface area contributed by atoms with Crippen molar-refractivity contribution in [3.05, 3.63) is 18.2 Å². The van der Waals surface area contributed by atoms with Crippen LogP contribution in [0, 0.1) is 0 Å². The molecule has 5 N–H and O–H groups in total. The van der Waals surface area contributed by atoms with E-state index in [0.29, 0.717) is 6.54 Å². The lowest BCUT2D eigenvalue weighted by atomic mass is 10.2. The predicted molar refractivity (Wildman–Crippen MR) is 39.2 cm³/mol. The Bertz CT molecular complexity index is 170. The van der Waals surface area contributed by atoms with Gasteiger partial charge in [-0.15, -0.1) is 0 Å². The maximum atomic E-state index is 5.68. The first-order valence-electron chi connectivity index (χ1n) is 3.29. The summed E-state index contributed by atoms with van der Waals surface area (Å²) in [6.45, 7) is 0.599. The lowest BCUT2D eigenvalue weighted by Gasteiger charge is -2.04. The number of rotatable bonds is 3. The quantitative estimate of drug-likeness (QED) is 0.542. The van der Waals surface area contributed by atoms with Crippen LogP contribution in [0.2, 0.25) is 0 Å². The molecule has 4 nitrogen and oxygen atoms in total. The minimum absolute atomic E-state index is 0.0417. The third-order valence-electron chi connectivity index (χ3n) is 1.35. The molecule has 0 radical (unpaired) electrons. The monoisotopic (exact) mass is 140 g/mol. The van der Waals surface area contributed by atoms with E-state index in [4.69, 9.17) is 11.5 Å². The summed E-state index contributed by atoms with van der Waals surface area (Å²) in [5, 5.41) is 0. The predicted octanol–water partition coefficient (Wildman–Crippen LogP) is -0.242. The molecular weight excluding hydrogens is 128 g/mol. The molecular formula is C6H12N4. The molecule has 10 heavy (non-hydrogen) atoms. The molecule has 1 aromatic rings. The first kappa shape index (κ1) is 7.24. The molecule has 0 saturated carbocycles. The highest BCUT2D eigenvalue weighted by molar-refractivity contribution is 4.93. The van der Waals surface area contributed by atoms with Gasteiger partial charge in [-0.05, 0) is 13.0 Å². The standard InChI is InChI=1S/C6H12N4/c7-2-1-5(8)6-9-3-4-10-6/h3-5H,1-2,7-8H2,(H,9,10). The zero-order valence-electron chi connectivity index (χ0n) is 5.75. The zero-order valence-corrected chi connectivity index (χ0v) is 5.75. The molecule has 0 spiro atoms. The van der Waals surface area contributed by atoms with E-state index in [-0.39, 0.29) is 6.04 Å². The van der Waals surface area contributed by atoms with Gasteiger partial charge in [0.1, 0.15) is 5.82 Å². The minimum Gasteiger partial charge on any atom is -0.347 e. The van der Waals surface area contributed by atoms with Gasteiger partial charge >= 0.3 is 0 Å². The Kier molecular flexibility index (Phi) is 2.42. The van der Waals surface area contributed by atoms with E-state index in [2.05, 4.69) is 9.97 Å². The summed E-state index contributed by atoms with van der Waals surface area (Å²) in [6, 6.07) is -0.0417. The Hall–Kier alpha value is -0.870. The van der Waals surface area contributed by atoms with Crippen LogP contribution >= 0.6 is 0 Å². The number of nitrogens with two attached hydrogens (primary N) is 2. The number of nitrogens with one attached hydrogen (secondary N) is 1. The normalized spacial score (nSPS) is 13.4. The van der Waals surface area contributed by atoms with Gasteiger partial charge in [0.2, 0.25) is 0 Å². The van der Waals surface area contributed by atoms with Crippen molar-refractivity contribution in [2.45, 2.75) is 12.5 Å². The van der Waals surface area contributed by atoms with E-state index in [0.717, 1.165) is 12.2 Å². The molecule has 0 amide bonds. The number of H-pyrrole nitrogens is 1. The maximum absolute atomic E-state index is 5.68. The Labute approximate surface area is 59.6 Å². The van der Waals surface area contributed by atoms with Crippen molar-refractivity contribution in [3.63, 3.8) is 0 Å². The molecule has 0 bridgehead atoms. The topological polar surface area (TPSA) is 80.7 Å². The minimum atomic E-state index is -0.0417. The van der Waals surface area contributed by atoms with Crippen LogP contribution in [0.4, 0.5) is 0 Å². The highest BCUT2D eigenvalue weighted by atomic mass is 14.9. The van der Waals surface area contributed by atoms with Crippen LogP contribution in [0.5, 0.6) is 0 Å². The largest absolute Gasteiger partial charge is 0.347 e. The lowest BCUT2D eigenvalue weighted by molar-refractivity contribution is 0.628. The molecule has 0 fully saturated rings. The molecule has 1 heterocycles. The fourth-order valence-corrected chi connectivity index (χ4v) is 0.797. The average molecular weight is 140 g/mol. The van der Waals surface area contributed by atoms with Crippen LogP contribution in [0.3, 0.4) is 0 Å². The van der Waals surface area contributed by atoms with Gasteiger partial charge < -0.3 is 16.5 Å². The second-order valence-corrected chi connectivity index (χ2v) is 2.16. The van der Waals surface area contributed by atoms with Crippen LogP contribution in [0.1, 0.15) is 18.3 Å². The Morgan fingerprint density at radius 1 is 1.70 bits per heavy atom. The SMILES string of the molecule is NCCC(N)c1ncc[nH]1. The molecule has 1 rings (SSSR count). The second-order valence-electron chi connectivity index (χ2n) is 2.16. The first-order valence-corrected chi connectivity index (χ1v) is 3.29. The number of aromatic amines is 1. The van der Waals surface area contributed by atoms with Crippen molar-refractivity contribution < 1.29 is 0 Å². The summed E-state index contributed by atoms with van der Waals surface area (Å²) in [6.07, 6.45) is 4.21. The fraction of sp³-hybridized carbons (Fsp3) is 0.500. The molecule has 56 valence electrons. The molecule has 1 unspecified atom stereocenters.